The summed E-state index contributed by atoms with van der Waals surface area (Å²) in [5.74, 6) is 0.305. The lowest BCUT2D eigenvalue weighted by Gasteiger charge is -2.31. The Morgan fingerprint density at radius 3 is 2.93 bits per heavy atom. The van der Waals surface area contributed by atoms with Gasteiger partial charge in [0.05, 0.1) is 0 Å². The molecule has 4 nitrogen and oxygen atoms in total. The Labute approximate surface area is 95.7 Å². The van der Waals surface area contributed by atoms with Crippen LogP contribution in [0.3, 0.4) is 0 Å². The summed E-state index contributed by atoms with van der Waals surface area (Å²) >= 11 is 1.95. The maximum atomic E-state index is 8.40. The molecule has 0 heterocycles. The molecule has 15 heavy (non-hydrogen) atoms. The first-order chi connectivity index (χ1) is 7.27. The van der Waals surface area contributed by atoms with Crippen molar-refractivity contribution in [3.8, 4) is 0 Å². The molecule has 1 aliphatic rings. The standard InChI is InChI=1S/C10H21N3OS/c1-15-9-5-3-2-4-8(9)12-7-6-10(11)13-14/h8-9,12,14H,2-7H2,1H3,(H2,11,13). The summed E-state index contributed by atoms with van der Waals surface area (Å²) in [4.78, 5) is 0. The second-order valence-electron chi connectivity index (χ2n) is 3.96. The highest BCUT2D eigenvalue weighted by Gasteiger charge is 2.23. The molecule has 1 aliphatic carbocycles. The highest BCUT2D eigenvalue weighted by molar-refractivity contribution is 7.99. The van der Waals surface area contributed by atoms with Crippen LogP contribution in [0, 0.1) is 0 Å². The molecule has 2 atom stereocenters. The highest BCUT2D eigenvalue weighted by Crippen LogP contribution is 2.26. The lowest BCUT2D eigenvalue weighted by Crippen LogP contribution is -2.41. The molecule has 0 spiro atoms. The topological polar surface area (TPSA) is 70.6 Å². The maximum absolute atomic E-state index is 8.40. The van der Waals surface area contributed by atoms with Crippen molar-refractivity contribution in [1.82, 2.24) is 5.32 Å². The molecule has 1 fully saturated rings. The highest BCUT2D eigenvalue weighted by atomic mass is 32.2. The monoisotopic (exact) mass is 231 g/mol. The van der Waals surface area contributed by atoms with E-state index in [9.17, 15) is 0 Å². The second-order valence-corrected chi connectivity index (χ2v) is 5.04. The Balaban J connectivity index is 2.23. The van der Waals surface area contributed by atoms with E-state index in [2.05, 4.69) is 16.7 Å². The third-order valence-electron chi connectivity index (χ3n) is 2.92. The summed E-state index contributed by atoms with van der Waals surface area (Å²) in [7, 11) is 0. The zero-order chi connectivity index (χ0) is 11.1. The molecule has 0 aliphatic heterocycles. The zero-order valence-corrected chi connectivity index (χ0v) is 10.1. The van der Waals surface area contributed by atoms with Gasteiger partial charge in [-0.15, -0.1) is 0 Å². The van der Waals surface area contributed by atoms with Crippen molar-refractivity contribution in [3.63, 3.8) is 0 Å². The summed E-state index contributed by atoms with van der Waals surface area (Å²) in [6.07, 6.45) is 8.02. The Bertz CT molecular complexity index is 211. The van der Waals surface area contributed by atoms with Crippen LogP contribution in [0.25, 0.3) is 0 Å². The number of hydrogen-bond acceptors (Lipinski definition) is 4. The van der Waals surface area contributed by atoms with Gasteiger partial charge in [0.15, 0.2) is 0 Å². The Kier molecular flexibility index (Phi) is 5.86. The molecule has 0 aromatic heterocycles. The second kappa shape index (κ2) is 6.95. The normalized spacial score (nSPS) is 27.9. The molecule has 0 saturated heterocycles. The smallest absolute Gasteiger partial charge is 0.140 e. The fourth-order valence-electron chi connectivity index (χ4n) is 2.05. The lowest BCUT2D eigenvalue weighted by atomic mass is 9.95. The minimum absolute atomic E-state index is 0.305. The summed E-state index contributed by atoms with van der Waals surface area (Å²) in [5, 5.41) is 15.6. The van der Waals surface area contributed by atoms with Gasteiger partial charge >= 0.3 is 0 Å². The van der Waals surface area contributed by atoms with Crippen LogP contribution in [-0.4, -0.2) is 35.1 Å². The van der Waals surface area contributed by atoms with Crippen molar-refractivity contribution in [1.29, 1.82) is 0 Å². The number of thioether (sulfide) groups is 1. The van der Waals surface area contributed by atoms with E-state index in [4.69, 9.17) is 10.9 Å². The summed E-state index contributed by atoms with van der Waals surface area (Å²) in [6, 6.07) is 0.597. The van der Waals surface area contributed by atoms with Gasteiger partial charge in [-0.05, 0) is 19.1 Å². The third kappa shape index (κ3) is 4.30. The van der Waals surface area contributed by atoms with Crippen LogP contribution in [0.4, 0.5) is 0 Å². The fraction of sp³-hybridized carbons (Fsp3) is 0.900. The van der Waals surface area contributed by atoms with Gasteiger partial charge in [-0.3, -0.25) is 0 Å². The molecular weight excluding hydrogens is 210 g/mol. The van der Waals surface area contributed by atoms with Gasteiger partial charge in [0.2, 0.25) is 0 Å². The van der Waals surface area contributed by atoms with Gasteiger partial charge in [-0.25, -0.2) is 0 Å². The number of nitrogens with two attached hydrogens (primary N) is 1. The number of rotatable bonds is 5. The SMILES string of the molecule is CSC1CCCCC1NCCC(N)=NO. The molecule has 0 amide bonds. The molecule has 0 radical (unpaired) electrons. The molecule has 1 saturated carbocycles. The minimum Gasteiger partial charge on any atom is -0.409 e. The van der Waals surface area contributed by atoms with E-state index in [1.807, 2.05) is 11.8 Å². The van der Waals surface area contributed by atoms with Crippen molar-refractivity contribution in [3.05, 3.63) is 0 Å². The molecule has 0 aromatic carbocycles. The molecule has 4 N–H and O–H groups in total. The van der Waals surface area contributed by atoms with Gasteiger partial charge in [-0.2, -0.15) is 11.8 Å². The average molecular weight is 231 g/mol. The number of amidine groups is 1. The Hall–Kier alpha value is -0.420. The van der Waals surface area contributed by atoms with E-state index in [0.717, 1.165) is 11.8 Å². The predicted octanol–water partition coefficient (Wildman–Crippen LogP) is 1.39. The summed E-state index contributed by atoms with van der Waals surface area (Å²) in [5.41, 5.74) is 5.41. The zero-order valence-electron chi connectivity index (χ0n) is 9.28. The minimum atomic E-state index is 0.305. The quantitative estimate of drug-likeness (QED) is 0.289. The Morgan fingerprint density at radius 2 is 2.27 bits per heavy atom. The van der Waals surface area contributed by atoms with Gasteiger partial charge in [-0.1, -0.05) is 18.0 Å². The van der Waals surface area contributed by atoms with E-state index >= 15 is 0 Å². The first-order valence-corrected chi connectivity index (χ1v) is 6.79. The van der Waals surface area contributed by atoms with Gasteiger partial charge in [0.1, 0.15) is 5.84 Å². The van der Waals surface area contributed by atoms with Crippen molar-refractivity contribution >= 4 is 17.6 Å². The summed E-state index contributed by atoms with van der Waals surface area (Å²) in [6.45, 7) is 0.803. The van der Waals surface area contributed by atoms with E-state index in [1.165, 1.54) is 25.7 Å². The van der Waals surface area contributed by atoms with Crippen LogP contribution >= 0.6 is 11.8 Å². The molecule has 0 aromatic rings. The van der Waals surface area contributed by atoms with Crippen molar-refractivity contribution in [2.24, 2.45) is 10.9 Å². The number of nitrogens with one attached hydrogen (secondary N) is 1. The van der Waals surface area contributed by atoms with E-state index in [-0.39, 0.29) is 0 Å². The van der Waals surface area contributed by atoms with Crippen LogP contribution < -0.4 is 11.1 Å². The number of oxime groups is 1. The van der Waals surface area contributed by atoms with Gasteiger partial charge in [0, 0.05) is 24.3 Å². The Morgan fingerprint density at radius 1 is 1.53 bits per heavy atom. The largest absolute Gasteiger partial charge is 0.409 e. The van der Waals surface area contributed by atoms with Crippen LogP contribution in [0.15, 0.2) is 5.16 Å². The third-order valence-corrected chi connectivity index (χ3v) is 4.09. The van der Waals surface area contributed by atoms with E-state index in [0.29, 0.717) is 18.3 Å². The molecule has 0 bridgehead atoms. The number of nitrogens with zero attached hydrogens (tertiary/aromatic N) is 1. The van der Waals surface area contributed by atoms with Crippen LogP contribution in [-0.2, 0) is 0 Å². The van der Waals surface area contributed by atoms with Crippen LogP contribution in [0.2, 0.25) is 0 Å². The van der Waals surface area contributed by atoms with E-state index < -0.39 is 0 Å². The molecule has 1 rings (SSSR count). The maximum Gasteiger partial charge on any atom is 0.140 e. The predicted molar refractivity (Wildman–Crippen MR) is 65.6 cm³/mol. The molecule has 5 heteroatoms. The first-order valence-electron chi connectivity index (χ1n) is 5.50. The average Bonchev–Trinajstić information content (AvgIpc) is 2.29. The van der Waals surface area contributed by atoms with Gasteiger partial charge in [0.25, 0.3) is 0 Å². The lowest BCUT2D eigenvalue weighted by molar-refractivity contribution is 0.316. The van der Waals surface area contributed by atoms with Crippen molar-refractivity contribution in [2.75, 3.05) is 12.8 Å². The fourth-order valence-corrected chi connectivity index (χ4v) is 3.01. The van der Waals surface area contributed by atoms with E-state index in [1.54, 1.807) is 0 Å². The van der Waals surface area contributed by atoms with Crippen LogP contribution in [0.5, 0.6) is 0 Å². The number of hydrogen-bond donors (Lipinski definition) is 3. The molecular formula is C10H21N3OS. The first kappa shape index (κ1) is 12.6. The summed E-state index contributed by atoms with van der Waals surface area (Å²) < 4.78 is 0. The van der Waals surface area contributed by atoms with Crippen molar-refractivity contribution < 1.29 is 5.21 Å². The molecule has 88 valence electrons. The van der Waals surface area contributed by atoms with Gasteiger partial charge < -0.3 is 16.3 Å². The van der Waals surface area contributed by atoms with Crippen molar-refractivity contribution in [2.45, 2.75) is 43.4 Å². The van der Waals surface area contributed by atoms with Crippen LogP contribution in [0.1, 0.15) is 32.1 Å². The molecule has 2 unspecified atom stereocenters.